The van der Waals surface area contributed by atoms with E-state index in [1.54, 1.807) is 30.3 Å². The molecule has 0 aliphatic carbocycles. The molecule has 7 heteroatoms. The molecule has 6 nitrogen and oxygen atoms in total. The number of nitrogens with one attached hydrogen (secondary N) is 1. The molecule has 1 N–H and O–H groups in total. The van der Waals surface area contributed by atoms with Crippen LogP contribution in [0.15, 0.2) is 103 Å². The Hall–Kier alpha value is -4.36. The molecule has 38 heavy (non-hydrogen) atoms. The van der Waals surface area contributed by atoms with E-state index in [0.717, 1.165) is 28.5 Å². The highest BCUT2D eigenvalue weighted by Gasteiger charge is 2.19. The van der Waals surface area contributed by atoms with Gasteiger partial charge in [-0.05, 0) is 59.5 Å². The van der Waals surface area contributed by atoms with E-state index in [1.165, 1.54) is 6.08 Å². The van der Waals surface area contributed by atoms with E-state index < -0.39 is 10.0 Å². The SMILES string of the molecule is Cc1cc(OCc2ccccc2)c(C(=O)C=Cc2ccc(NS(C)(=O)=O)cc2)c(OCc2ccccc2)c1. The largest absolute Gasteiger partial charge is 0.488 e. The summed E-state index contributed by atoms with van der Waals surface area (Å²) in [5.41, 5.74) is 4.40. The maximum Gasteiger partial charge on any atom is 0.229 e. The second-order valence-electron chi connectivity index (χ2n) is 8.88. The summed E-state index contributed by atoms with van der Waals surface area (Å²) in [4.78, 5) is 13.5. The van der Waals surface area contributed by atoms with Gasteiger partial charge in [0, 0.05) is 5.69 Å². The molecule has 0 aromatic heterocycles. The Labute approximate surface area is 223 Å². The van der Waals surface area contributed by atoms with Gasteiger partial charge in [0.1, 0.15) is 30.3 Å². The first kappa shape index (κ1) is 26.7. The summed E-state index contributed by atoms with van der Waals surface area (Å²) in [6.45, 7) is 2.55. The summed E-state index contributed by atoms with van der Waals surface area (Å²) >= 11 is 0. The molecular formula is C31H29NO5S. The third kappa shape index (κ3) is 7.82. The molecule has 0 aliphatic heterocycles. The van der Waals surface area contributed by atoms with Crippen molar-refractivity contribution in [3.8, 4) is 11.5 Å². The Bertz CT molecular complexity index is 1450. The van der Waals surface area contributed by atoms with Gasteiger partial charge in [-0.3, -0.25) is 9.52 Å². The van der Waals surface area contributed by atoms with Crippen LogP contribution < -0.4 is 14.2 Å². The van der Waals surface area contributed by atoms with Crippen molar-refractivity contribution in [2.45, 2.75) is 20.1 Å². The first-order valence-electron chi connectivity index (χ1n) is 12.1. The number of hydrogen-bond donors (Lipinski definition) is 1. The monoisotopic (exact) mass is 527 g/mol. The van der Waals surface area contributed by atoms with Gasteiger partial charge < -0.3 is 9.47 Å². The van der Waals surface area contributed by atoms with Crippen LogP contribution in [0.3, 0.4) is 0 Å². The minimum absolute atomic E-state index is 0.269. The summed E-state index contributed by atoms with van der Waals surface area (Å²) in [6, 6.07) is 29.9. The van der Waals surface area contributed by atoms with Gasteiger partial charge in [-0.2, -0.15) is 0 Å². The van der Waals surface area contributed by atoms with Crippen LogP contribution in [-0.2, 0) is 23.2 Å². The normalized spacial score (nSPS) is 11.3. The molecule has 0 aliphatic rings. The maximum absolute atomic E-state index is 13.5. The number of rotatable bonds is 11. The molecule has 0 saturated carbocycles. The molecule has 0 spiro atoms. The Morgan fingerprint density at radius 2 is 1.29 bits per heavy atom. The number of carbonyl (C=O) groups is 1. The summed E-state index contributed by atoms with van der Waals surface area (Å²) in [5.74, 6) is 0.619. The molecule has 0 radical (unpaired) electrons. The van der Waals surface area contributed by atoms with Crippen molar-refractivity contribution >= 4 is 27.6 Å². The van der Waals surface area contributed by atoms with Gasteiger partial charge in [0.05, 0.1) is 6.26 Å². The van der Waals surface area contributed by atoms with E-state index in [9.17, 15) is 13.2 Å². The molecule has 0 unspecified atom stereocenters. The summed E-state index contributed by atoms with van der Waals surface area (Å²) in [6.07, 6.45) is 4.23. The van der Waals surface area contributed by atoms with Crippen molar-refractivity contribution < 1.29 is 22.7 Å². The van der Waals surface area contributed by atoms with Crippen molar-refractivity contribution in [3.05, 3.63) is 131 Å². The summed E-state index contributed by atoms with van der Waals surface area (Å²) < 4.78 is 37.6. The maximum atomic E-state index is 13.5. The molecule has 4 aromatic carbocycles. The van der Waals surface area contributed by atoms with Gasteiger partial charge in [0.2, 0.25) is 10.0 Å². The number of allylic oxidation sites excluding steroid dienone is 1. The first-order valence-corrected chi connectivity index (χ1v) is 13.9. The molecule has 0 bridgehead atoms. The Balaban J connectivity index is 1.61. The van der Waals surface area contributed by atoms with Crippen molar-refractivity contribution in [3.63, 3.8) is 0 Å². The topological polar surface area (TPSA) is 81.7 Å². The van der Waals surface area contributed by atoms with E-state index in [-0.39, 0.29) is 5.78 Å². The van der Waals surface area contributed by atoms with Crippen LogP contribution in [0, 0.1) is 6.92 Å². The fourth-order valence-electron chi connectivity index (χ4n) is 3.79. The second-order valence-corrected chi connectivity index (χ2v) is 10.6. The van der Waals surface area contributed by atoms with E-state index in [4.69, 9.17) is 9.47 Å². The zero-order valence-electron chi connectivity index (χ0n) is 21.3. The number of anilines is 1. The van der Waals surface area contributed by atoms with Crippen LogP contribution in [0.1, 0.15) is 32.6 Å². The molecule has 0 amide bonds. The van der Waals surface area contributed by atoms with Crippen molar-refractivity contribution in [2.24, 2.45) is 0 Å². The average molecular weight is 528 g/mol. The highest BCUT2D eigenvalue weighted by molar-refractivity contribution is 7.92. The predicted molar refractivity (Wildman–Crippen MR) is 151 cm³/mol. The van der Waals surface area contributed by atoms with Gasteiger partial charge in [0.15, 0.2) is 5.78 Å². The standard InChI is InChI=1S/C31H29NO5S/c1-23-19-29(36-21-25-9-5-3-6-10-25)31(30(20-23)37-22-26-11-7-4-8-12-26)28(33)18-15-24-13-16-27(17-14-24)32-38(2,34)35/h3-20,32H,21-22H2,1-2H3. The summed E-state index contributed by atoms with van der Waals surface area (Å²) in [5, 5.41) is 0. The van der Waals surface area contributed by atoms with Crippen LogP contribution in [0.5, 0.6) is 11.5 Å². The van der Waals surface area contributed by atoms with Gasteiger partial charge >= 0.3 is 0 Å². The average Bonchev–Trinajstić information content (AvgIpc) is 2.90. The number of benzene rings is 4. The molecule has 194 valence electrons. The highest BCUT2D eigenvalue weighted by atomic mass is 32.2. The van der Waals surface area contributed by atoms with Gasteiger partial charge in [-0.1, -0.05) is 78.9 Å². The number of carbonyl (C=O) groups excluding carboxylic acids is 1. The predicted octanol–water partition coefficient (Wildman–Crippen LogP) is 6.42. The van der Waals surface area contributed by atoms with Crippen LogP contribution >= 0.6 is 0 Å². The van der Waals surface area contributed by atoms with Crippen molar-refractivity contribution in [2.75, 3.05) is 11.0 Å². The Kier molecular flexibility index (Phi) is 8.61. The molecule has 0 heterocycles. The van der Waals surface area contributed by atoms with Gasteiger partial charge in [0.25, 0.3) is 0 Å². The minimum atomic E-state index is -3.37. The van der Waals surface area contributed by atoms with Crippen LogP contribution in [-0.4, -0.2) is 20.5 Å². The zero-order chi connectivity index (χ0) is 27.0. The molecule has 4 rings (SSSR count). The van der Waals surface area contributed by atoms with Crippen LogP contribution in [0.4, 0.5) is 5.69 Å². The number of hydrogen-bond acceptors (Lipinski definition) is 5. The fraction of sp³-hybridized carbons (Fsp3) is 0.129. The van der Waals surface area contributed by atoms with Crippen molar-refractivity contribution in [1.29, 1.82) is 0 Å². The quantitative estimate of drug-likeness (QED) is 0.180. The zero-order valence-corrected chi connectivity index (χ0v) is 22.1. The van der Waals surface area contributed by atoms with E-state index in [0.29, 0.717) is 36.0 Å². The molecule has 4 aromatic rings. The Morgan fingerprint density at radius 3 is 1.76 bits per heavy atom. The Morgan fingerprint density at radius 1 is 0.789 bits per heavy atom. The number of ketones is 1. The number of sulfonamides is 1. The molecule has 0 atom stereocenters. The van der Waals surface area contributed by atoms with Crippen molar-refractivity contribution in [1.82, 2.24) is 0 Å². The highest BCUT2D eigenvalue weighted by Crippen LogP contribution is 2.33. The third-order valence-electron chi connectivity index (χ3n) is 5.57. The van der Waals surface area contributed by atoms with Crippen LogP contribution in [0.2, 0.25) is 0 Å². The number of aryl methyl sites for hydroxylation is 1. The first-order chi connectivity index (χ1) is 18.3. The van der Waals surface area contributed by atoms with Crippen LogP contribution in [0.25, 0.3) is 6.08 Å². The molecule has 0 fully saturated rings. The number of ether oxygens (including phenoxy) is 2. The lowest BCUT2D eigenvalue weighted by Crippen LogP contribution is -2.09. The van der Waals surface area contributed by atoms with Gasteiger partial charge in [-0.25, -0.2) is 8.42 Å². The summed E-state index contributed by atoms with van der Waals surface area (Å²) in [7, 11) is -3.37. The third-order valence-corrected chi connectivity index (χ3v) is 6.18. The van der Waals surface area contributed by atoms with E-state index >= 15 is 0 Å². The fourth-order valence-corrected chi connectivity index (χ4v) is 4.36. The minimum Gasteiger partial charge on any atom is -0.488 e. The molecular weight excluding hydrogens is 498 g/mol. The lowest BCUT2D eigenvalue weighted by atomic mass is 10.0. The van der Waals surface area contributed by atoms with E-state index in [1.807, 2.05) is 79.7 Å². The lowest BCUT2D eigenvalue weighted by Gasteiger charge is -2.16. The van der Waals surface area contributed by atoms with E-state index in [2.05, 4.69) is 4.72 Å². The second kappa shape index (κ2) is 12.3. The lowest BCUT2D eigenvalue weighted by molar-refractivity contribution is 0.103. The molecule has 0 saturated heterocycles. The smallest absolute Gasteiger partial charge is 0.229 e. The van der Waals surface area contributed by atoms with Gasteiger partial charge in [-0.15, -0.1) is 0 Å².